The van der Waals surface area contributed by atoms with Gasteiger partial charge in [-0.15, -0.1) is 11.8 Å². The third kappa shape index (κ3) is 4.91. The van der Waals surface area contributed by atoms with Gasteiger partial charge in [-0.3, -0.25) is 4.79 Å². The lowest BCUT2D eigenvalue weighted by Crippen LogP contribution is -2.24. The van der Waals surface area contributed by atoms with Gasteiger partial charge in [0.15, 0.2) is 0 Å². The van der Waals surface area contributed by atoms with Crippen LogP contribution in [-0.4, -0.2) is 11.7 Å². The lowest BCUT2D eigenvalue weighted by Gasteiger charge is -2.13. The predicted octanol–water partition coefficient (Wildman–Crippen LogP) is 5.43. The predicted molar refractivity (Wildman–Crippen MR) is 107 cm³/mol. The zero-order valence-electron chi connectivity index (χ0n) is 13.7. The van der Waals surface area contributed by atoms with Crippen molar-refractivity contribution in [2.45, 2.75) is 31.7 Å². The van der Waals surface area contributed by atoms with Crippen LogP contribution < -0.4 is 11.1 Å². The molecule has 2 aromatic rings. The summed E-state index contributed by atoms with van der Waals surface area (Å²) in [7, 11) is 0. The molecule has 24 heavy (non-hydrogen) atoms. The summed E-state index contributed by atoms with van der Waals surface area (Å²) in [6, 6.07) is 9.46. The van der Waals surface area contributed by atoms with Gasteiger partial charge in [0, 0.05) is 20.9 Å². The van der Waals surface area contributed by atoms with Gasteiger partial charge in [0.2, 0.25) is 0 Å². The summed E-state index contributed by atoms with van der Waals surface area (Å²) in [4.78, 5) is 13.6. The van der Waals surface area contributed by atoms with Crippen molar-refractivity contribution in [2.75, 3.05) is 11.5 Å². The van der Waals surface area contributed by atoms with E-state index < -0.39 is 0 Å². The van der Waals surface area contributed by atoms with Crippen LogP contribution in [0.1, 0.15) is 34.8 Å². The summed E-state index contributed by atoms with van der Waals surface area (Å²) in [6.45, 7) is 4.48. The van der Waals surface area contributed by atoms with E-state index in [1.54, 1.807) is 17.8 Å². The maximum atomic E-state index is 12.5. The second-order valence-electron chi connectivity index (χ2n) is 5.49. The van der Waals surface area contributed by atoms with Crippen LogP contribution in [0.2, 0.25) is 5.02 Å². The second-order valence-corrected chi connectivity index (χ2v) is 7.92. The number of aryl methyl sites for hydroxylation is 1. The van der Waals surface area contributed by atoms with Crippen LogP contribution in [0, 0.1) is 6.92 Å². The first-order chi connectivity index (χ1) is 11.4. The second kappa shape index (κ2) is 8.79. The van der Waals surface area contributed by atoms with Crippen LogP contribution in [0.25, 0.3) is 0 Å². The van der Waals surface area contributed by atoms with Gasteiger partial charge >= 0.3 is 0 Å². The van der Waals surface area contributed by atoms with Crippen LogP contribution in [0.3, 0.4) is 0 Å². The molecule has 0 fully saturated rings. The maximum absolute atomic E-state index is 12.5. The third-order valence-corrected chi connectivity index (χ3v) is 5.65. The maximum Gasteiger partial charge on any atom is 0.253 e. The Hall–Kier alpha value is -1.17. The minimum atomic E-state index is -0.191. The fourth-order valence-corrected chi connectivity index (χ4v) is 3.93. The molecule has 0 aromatic heterocycles. The Bertz CT molecular complexity index is 752. The Labute approximate surface area is 160 Å². The monoisotopic (exact) mass is 426 g/mol. The molecule has 0 bridgehead atoms. The van der Waals surface area contributed by atoms with Crippen molar-refractivity contribution >= 4 is 50.9 Å². The number of carbonyl (C=O) groups is 1. The Balaban J connectivity index is 2.16. The topological polar surface area (TPSA) is 55.1 Å². The molecule has 0 aliphatic rings. The van der Waals surface area contributed by atoms with Gasteiger partial charge in [-0.05, 0) is 76.5 Å². The Morgan fingerprint density at radius 3 is 2.79 bits per heavy atom. The molecule has 6 heteroatoms. The van der Waals surface area contributed by atoms with E-state index in [1.807, 2.05) is 31.2 Å². The van der Waals surface area contributed by atoms with Crippen LogP contribution in [0.5, 0.6) is 0 Å². The lowest BCUT2D eigenvalue weighted by molar-refractivity contribution is 0.0951. The van der Waals surface area contributed by atoms with Gasteiger partial charge in [-0.2, -0.15) is 0 Å². The molecular formula is C18H20BrClN2OS. The quantitative estimate of drug-likeness (QED) is 0.477. The molecule has 0 saturated carbocycles. The van der Waals surface area contributed by atoms with E-state index in [2.05, 4.69) is 28.2 Å². The summed E-state index contributed by atoms with van der Waals surface area (Å²) in [5.41, 5.74) is 8.92. The highest BCUT2D eigenvalue weighted by molar-refractivity contribution is 9.10. The molecule has 2 aromatic carbocycles. The summed E-state index contributed by atoms with van der Waals surface area (Å²) >= 11 is 11.3. The fourth-order valence-electron chi connectivity index (χ4n) is 2.25. The zero-order valence-corrected chi connectivity index (χ0v) is 16.8. The first kappa shape index (κ1) is 19.2. The average molecular weight is 428 g/mol. The van der Waals surface area contributed by atoms with Crippen LogP contribution in [0.15, 0.2) is 39.7 Å². The molecule has 0 heterocycles. The highest BCUT2D eigenvalue weighted by Crippen LogP contribution is 2.27. The number of anilines is 1. The largest absolute Gasteiger partial charge is 0.397 e. The van der Waals surface area contributed by atoms with Gasteiger partial charge in [-0.1, -0.05) is 18.5 Å². The van der Waals surface area contributed by atoms with Crippen molar-refractivity contribution in [1.29, 1.82) is 0 Å². The van der Waals surface area contributed by atoms with E-state index in [4.69, 9.17) is 17.3 Å². The van der Waals surface area contributed by atoms with Crippen molar-refractivity contribution in [2.24, 2.45) is 0 Å². The molecule has 2 rings (SSSR count). The molecule has 0 unspecified atom stereocenters. The molecule has 128 valence electrons. The highest BCUT2D eigenvalue weighted by atomic mass is 79.9. The van der Waals surface area contributed by atoms with Gasteiger partial charge in [0.1, 0.15) is 0 Å². The van der Waals surface area contributed by atoms with E-state index >= 15 is 0 Å². The van der Waals surface area contributed by atoms with Crippen molar-refractivity contribution in [3.8, 4) is 0 Å². The fraction of sp³-hybridized carbons (Fsp3) is 0.278. The molecule has 0 aliphatic heterocycles. The molecule has 1 amide bonds. The third-order valence-electron chi connectivity index (χ3n) is 3.44. The summed E-state index contributed by atoms with van der Waals surface area (Å²) in [5.74, 6) is 0.837. The van der Waals surface area contributed by atoms with Gasteiger partial charge in [0.05, 0.1) is 11.3 Å². The zero-order chi connectivity index (χ0) is 17.7. The minimum Gasteiger partial charge on any atom is -0.397 e. The smallest absolute Gasteiger partial charge is 0.253 e. The number of hydrogen-bond donors (Lipinski definition) is 2. The first-order valence-electron chi connectivity index (χ1n) is 7.67. The van der Waals surface area contributed by atoms with Crippen molar-refractivity contribution in [3.05, 3.63) is 56.5 Å². The number of nitrogen functional groups attached to an aromatic ring is 1. The summed E-state index contributed by atoms with van der Waals surface area (Å²) in [6.07, 6.45) is 1.09. The number of amides is 1. The number of benzene rings is 2. The molecule has 3 nitrogen and oxygen atoms in total. The van der Waals surface area contributed by atoms with E-state index in [0.29, 0.717) is 22.8 Å². The number of halogens is 2. The summed E-state index contributed by atoms with van der Waals surface area (Å²) in [5, 5.41) is 3.61. The molecule has 0 atom stereocenters. The van der Waals surface area contributed by atoms with Crippen LogP contribution >= 0.6 is 39.3 Å². The van der Waals surface area contributed by atoms with Crippen molar-refractivity contribution in [3.63, 3.8) is 0 Å². The molecule has 3 N–H and O–H groups in total. The number of nitrogens with one attached hydrogen (secondary N) is 1. The van der Waals surface area contributed by atoms with E-state index in [1.165, 1.54) is 0 Å². The molecular weight excluding hydrogens is 408 g/mol. The number of hydrogen-bond acceptors (Lipinski definition) is 3. The van der Waals surface area contributed by atoms with Gasteiger partial charge < -0.3 is 11.1 Å². The highest BCUT2D eigenvalue weighted by Gasteiger charge is 2.13. The molecule has 0 spiro atoms. The molecule has 0 radical (unpaired) electrons. The van der Waals surface area contributed by atoms with Gasteiger partial charge in [-0.25, -0.2) is 0 Å². The van der Waals surface area contributed by atoms with Crippen LogP contribution in [0.4, 0.5) is 5.69 Å². The normalized spacial score (nSPS) is 10.7. The number of carbonyl (C=O) groups excluding carboxylic acids is 1. The molecule has 0 aliphatic carbocycles. The number of rotatable bonds is 6. The SMILES string of the molecule is CCCSc1ccc(Cl)cc1CNC(=O)c1cc(C)cc(Br)c1N. The standard InChI is InChI=1S/C18H20BrClN2OS/c1-3-6-24-16-5-4-13(20)9-12(16)10-22-18(23)14-7-11(2)8-15(19)17(14)21/h4-5,7-9H,3,6,10,21H2,1-2H3,(H,22,23). The Morgan fingerprint density at radius 1 is 1.33 bits per heavy atom. The van der Waals surface area contributed by atoms with E-state index in [0.717, 1.165) is 32.7 Å². The average Bonchev–Trinajstić information content (AvgIpc) is 2.55. The minimum absolute atomic E-state index is 0.191. The van der Waals surface area contributed by atoms with Crippen LogP contribution in [-0.2, 0) is 6.54 Å². The molecule has 0 saturated heterocycles. The first-order valence-corrected chi connectivity index (χ1v) is 9.83. The van der Waals surface area contributed by atoms with E-state index in [9.17, 15) is 4.79 Å². The number of nitrogens with two attached hydrogens (primary N) is 1. The van der Waals surface area contributed by atoms with Crippen molar-refractivity contribution in [1.82, 2.24) is 5.32 Å². The Kier molecular flexibility index (Phi) is 7.02. The number of thioether (sulfide) groups is 1. The van der Waals surface area contributed by atoms with Crippen molar-refractivity contribution < 1.29 is 4.79 Å². The van der Waals surface area contributed by atoms with E-state index in [-0.39, 0.29) is 5.91 Å². The van der Waals surface area contributed by atoms with Gasteiger partial charge in [0.25, 0.3) is 5.91 Å². The summed E-state index contributed by atoms with van der Waals surface area (Å²) < 4.78 is 0.731. The lowest BCUT2D eigenvalue weighted by atomic mass is 10.1. The Morgan fingerprint density at radius 2 is 2.08 bits per heavy atom.